The molecule has 2 heterocycles. The predicted octanol–water partition coefficient (Wildman–Crippen LogP) is 15.2. The molecule has 71 heavy (non-hydrogen) atoms. The topological polar surface area (TPSA) is 24.9 Å². The van der Waals surface area contributed by atoms with Gasteiger partial charge in [-0.15, -0.1) is 0 Å². The SMILES string of the molecule is c1ccc(N(c2ccccc2)c2ccc(-c3ccc([Si]4(c5ccc(-c6ccc(N(c7ccccc7)c7ccccc7)cc6)cc5)c5ccccc5-c5c4ccc4c5Oc5ccccc5O4)cc3)cc2)cc1. The zero-order valence-electron chi connectivity index (χ0n) is 38.8. The van der Waals surface area contributed by atoms with Crippen molar-refractivity contribution in [2.24, 2.45) is 0 Å². The summed E-state index contributed by atoms with van der Waals surface area (Å²) in [5.41, 5.74) is 13.6. The summed E-state index contributed by atoms with van der Waals surface area (Å²) < 4.78 is 13.4. The lowest BCUT2D eigenvalue weighted by molar-refractivity contribution is 0.361. The van der Waals surface area contributed by atoms with Crippen molar-refractivity contribution in [3.05, 3.63) is 279 Å². The van der Waals surface area contributed by atoms with Crippen molar-refractivity contribution in [1.82, 2.24) is 0 Å². The number of rotatable bonds is 10. The summed E-state index contributed by atoms with van der Waals surface area (Å²) in [7, 11) is -2.97. The van der Waals surface area contributed by atoms with Crippen LogP contribution < -0.4 is 40.0 Å². The number of hydrogen-bond acceptors (Lipinski definition) is 4. The summed E-state index contributed by atoms with van der Waals surface area (Å²) in [4.78, 5) is 4.60. The first-order valence-corrected chi connectivity index (χ1v) is 26.2. The Hall–Kier alpha value is -9.16. The molecular formula is C66H46N2O2Si. The quantitative estimate of drug-likeness (QED) is 0.128. The molecule has 0 saturated carbocycles. The van der Waals surface area contributed by atoms with Gasteiger partial charge in [0.2, 0.25) is 0 Å². The van der Waals surface area contributed by atoms with Crippen molar-refractivity contribution in [2.45, 2.75) is 0 Å². The molecule has 0 saturated heterocycles. The highest BCUT2D eigenvalue weighted by Crippen LogP contribution is 2.51. The van der Waals surface area contributed by atoms with Crippen LogP contribution in [0.2, 0.25) is 0 Å². The molecule has 4 nitrogen and oxygen atoms in total. The second kappa shape index (κ2) is 17.7. The molecule has 11 aromatic carbocycles. The van der Waals surface area contributed by atoms with Crippen molar-refractivity contribution in [1.29, 1.82) is 0 Å². The van der Waals surface area contributed by atoms with Gasteiger partial charge < -0.3 is 19.3 Å². The van der Waals surface area contributed by atoms with Crippen LogP contribution in [-0.2, 0) is 0 Å². The molecule has 0 unspecified atom stereocenters. The van der Waals surface area contributed by atoms with Gasteiger partial charge in [0.15, 0.2) is 31.1 Å². The van der Waals surface area contributed by atoms with Crippen LogP contribution in [0.1, 0.15) is 0 Å². The van der Waals surface area contributed by atoms with Crippen LogP contribution in [0, 0.1) is 0 Å². The fraction of sp³-hybridized carbons (Fsp3) is 0. The first-order chi connectivity index (χ1) is 35.2. The zero-order chi connectivity index (χ0) is 47.1. The van der Waals surface area contributed by atoms with E-state index in [1.165, 1.54) is 26.3 Å². The Balaban J connectivity index is 0.904. The number of anilines is 6. The highest BCUT2D eigenvalue weighted by atomic mass is 28.3. The molecular weight excluding hydrogens is 881 g/mol. The van der Waals surface area contributed by atoms with Crippen LogP contribution in [0.4, 0.5) is 34.1 Å². The minimum absolute atomic E-state index is 0.724. The molecule has 0 aliphatic carbocycles. The van der Waals surface area contributed by atoms with Crippen molar-refractivity contribution < 1.29 is 9.47 Å². The van der Waals surface area contributed by atoms with Gasteiger partial charge in [-0.25, -0.2) is 0 Å². The summed E-state index contributed by atoms with van der Waals surface area (Å²) in [5, 5.41) is 5.24. The maximum absolute atomic E-state index is 6.85. The summed E-state index contributed by atoms with van der Waals surface area (Å²) >= 11 is 0. The van der Waals surface area contributed by atoms with Crippen LogP contribution in [0.25, 0.3) is 33.4 Å². The largest absolute Gasteiger partial charge is 0.449 e. The van der Waals surface area contributed by atoms with Crippen LogP contribution >= 0.6 is 0 Å². The van der Waals surface area contributed by atoms with Crippen molar-refractivity contribution in [3.63, 3.8) is 0 Å². The van der Waals surface area contributed by atoms with E-state index < -0.39 is 8.07 Å². The molecule has 2 aliphatic heterocycles. The summed E-state index contributed by atoms with van der Waals surface area (Å²) in [6.07, 6.45) is 0. The Morgan fingerprint density at radius 3 is 1.04 bits per heavy atom. The van der Waals surface area contributed by atoms with E-state index in [0.29, 0.717) is 0 Å². The van der Waals surface area contributed by atoms with E-state index in [-0.39, 0.29) is 0 Å². The van der Waals surface area contributed by atoms with Gasteiger partial charge in [-0.05, 0) is 140 Å². The third-order valence-electron chi connectivity index (χ3n) is 14.0. The van der Waals surface area contributed by atoms with E-state index in [4.69, 9.17) is 9.47 Å². The molecule has 0 spiro atoms. The van der Waals surface area contributed by atoms with Gasteiger partial charge in [-0.3, -0.25) is 0 Å². The number of nitrogens with zero attached hydrogens (tertiary/aromatic N) is 2. The van der Waals surface area contributed by atoms with E-state index in [1.807, 2.05) is 24.3 Å². The number of ether oxygens (including phenoxy) is 2. The molecule has 0 N–H and O–H groups in total. The van der Waals surface area contributed by atoms with Gasteiger partial charge in [-0.2, -0.15) is 0 Å². The molecule has 13 rings (SSSR count). The van der Waals surface area contributed by atoms with Gasteiger partial charge in [0.25, 0.3) is 0 Å². The van der Waals surface area contributed by atoms with Crippen molar-refractivity contribution in [2.75, 3.05) is 9.80 Å². The van der Waals surface area contributed by atoms with Crippen LogP contribution in [0.15, 0.2) is 279 Å². The summed E-state index contributed by atoms with van der Waals surface area (Å²) in [6.45, 7) is 0. The highest BCUT2D eigenvalue weighted by Gasteiger charge is 2.50. The standard InChI is InChI=1S/C66H46N2O2Si/c1-5-17-51(18-6-1)67(52-19-7-2-8-20-52)55-37-29-47(30-38-55)49-33-41-57(42-34-49)71(63-28-16-13-25-59(63)65-64(71)46-45-62-66(65)70-61-27-15-14-26-60(61)69-62)58-43-35-50(36-44-58)48-31-39-56(40-32-48)68(53-21-9-3-10-22-53)54-23-11-4-12-24-54/h1-46H. The number of para-hydroxylation sites is 6. The first kappa shape index (κ1) is 42.0. The number of benzene rings is 11. The molecule has 0 radical (unpaired) electrons. The Morgan fingerprint density at radius 2 is 0.606 bits per heavy atom. The normalized spacial score (nSPS) is 12.6. The fourth-order valence-electron chi connectivity index (χ4n) is 10.8. The van der Waals surface area contributed by atoms with Crippen molar-refractivity contribution in [3.8, 4) is 56.4 Å². The Kier molecular flexibility index (Phi) is 10.5. The molecule has 0 fully saturated rings. The van der Waals surface area contributed by atoms with Crippen molar-refractivity contribution >= 4 is 62.9 Å². The molecule has 0 aromatic heterocycles. The number of fused-ring (bicyclic) bond motifs is 6. The maximum atomic E-state index is 6.85. The molecule has 5 heteroatoms. The average molecular weight is 927 g/mol. The highest BCUT2D eigenvalue weighted by molar-refractivity contribution is 7.22. The maximum Gasteiger partial charge on any atom is 0.181 e. The third-order valence-corrected chi connectivity index (χ3v) is 18.9. The smallest absolute Gasteiger partial charge is 0.181 e. The number of hydrogen-bond donors (Lipinski definition) is 0. The Morgan fingerprint density at radius 1 is 0.254 bits per heavy atom. The van der Waals surface area contributed by atoms with Gasteiger partial charge in [0.1, 0.15) is 0 Å². The molecule has 0 amide bonds. The first-order valence-electron chi connectivity index (χ1n) is 24.2. The summed E-state index contributed by atoms with van der Waals surface area (Å²) in [6, 6.07) is 100. The third kappa shape index (κ3) is 7.30. The second-order valence-electron chi connectivity index (χ2n) is 18.0. The summed E-state index contributed by atoms with van der Waals surface area (Å²) in [5.74, 6) is 2.96. The lowest BCUT2D eigenvalue weighted by atomic mass is 10.0. The van der Waals surface area contributed by atoms with Gasteiger partial charge in [0, 0.05) is 39.7 Å². The van der Waals surface area contributed by atoms with E-state index >= 15 is 0 Å². The lowest BCUT2D eigenvalue weighted by Crippen LogP contribution is -2.72. The second-order valence-corrected chi connectivity index (χ2v) is 21.8. The Bertz CT molecular complexity index is 3410. The van der Waals surface area contributed by atoms with E-state index in [0.717, 1.165) is 84.9 Å². The van der Waals surface area contributed by atoms with E-state index in [2.05, 4.69) is 265 Å². The minimum Gasteiger partial charge on any atom is -0.449 e. The minimum atomic E-state index is -2.97. The molecule has 0 atom stereocenters. The van der Waals surface area contributed by atoms with Crippen LogP contribution in [-0.4, -0.2) is 8.07 Å². The van der Waals surface area contributed by atoms with E-state index in [1.54, 1.807) is 0 Å². The molecule has 2 aliphatic rings. The van der Waals surface area contributed by atoms with Gasteiger partial charge in [-0.1, -0.05) is 188 Å². The monoisotopic (exact) mass is 926 g/mol. The van der Waals surface area contributed by atoms with Crippen LogP contribution in [0.3, 0.4) is 0 Å². The van der Waals surface area contributed by atoms with Gasteiger partial charge in [0.05, 0.1) is 0 Å². The lowest BCUT2D eigenvalue weighted by Gasteiger charge is -2.32. The predicted molar refractivity (Wildman–Crippen MR) is 296 cm³/mol. The molecule has 336 valence electrons. The van der Waals surface area contributed by atoms with Gasteiger partial charge >= 0.3 is 0 Å². The molecule has 0 bridgehead atoms. The van der Waals surface area contributed by atoms with Crippen LogP contribution in [0.5, 0.6) is 23.0 Å². The average Bonchev–Trinajstić information content (AvgIpc) is 3.76. The molecule has 11 aromatic rings. The fourth-order valence-corrected chi connectivity index (χ4v) is 15.9. The Labute approximate surface area is 415 Å². The van der Waals surface area contributed by atoms with E-state index in [9.17, 15) is 0 Å². The zero-order valence-corrected chi connectivity index (χ0v) is 39.8.